The molecule has 2 heterocycles. The number of rotatable bonds is 8. The largest absolute Gasteiger partial charge is 0.361 e. The zero-order valence-electron chi connectivity index (χ0n) is 15.7. The molecule has 3 rings (SSSR count). The molecule has 1 N–H and O–H groups in total. The van der Waals surface area contributed by atoms with E-state index in [4.69, 9.17) is 4.52 Å². The number of carbonyl (C=O) groups excluding carboxylic acids is 2. The van der Waals surface area contributed by atoms with Gasteiger partial charge in [0.2, 0.25) is 5.91 Å². The lowest BCUT2D eigenvalue weighted by molar-refractivity contribution is -0.121. The van der Waals surface area contributed by atoms with Gasteiger partial charge in [-0.1, -0.05) is 41.6 Å². The second-order valence-electron chi connectivity index (χ2n) is 6.39. The molecule has 0 aliphatic carbocycles. The van der Waals surface area contributed by atoms with Crippen LogP contribution in [0.2, 0.25) is 0 Å². The Balaban J connectivity index is 1.62. The molecule has 28 heavy (non-hydrogen) atoms. The molecule has 0 aliphatic heterocycles. The van der Waals surface area contributed by atoms with E-state index >= 15 is 0 Å². The van der Waals surface area contributed by atoms with Crippen LogP contribution in [0.25, 0.3) is 0 Å². The van der Waals surface area contributed by atoms with Gasteiger partial charge in [-0.3, -0.25) is 14.6 Å². The molecule has 0 bridgehead atoms. The lowest BCUT2D eigenvalue weighted by Crippen LogP contribution is -2.41. The first-order chi connectivity index (χ1) is 13.6. The van der Waals surface area contributed by atoms with Gasteiger partial charge < -0.3 is 14.7 Å². The molecule has 7 heteroatoms. The molecule has 7 nitrogen and oxygen atoms in total. The van der Waals surface area contributed by atoms with Crippen molar-refractivity contribution in [3.8, 4) is 0 Å². The maximum absolute atomic E-state index is 12.8. The molecule has 0 radical (unpaired) electrons. The topological polar surface area (TPSA) is 88.3 Å². The fourth-order valence-corrected chi connectivity index (χ4v) is 2.74. The molecule has 0 unspecified atom stereocenters. The Morgan fingerprint density at radius 3 is 2.57 bits per heavy atom. The van der Waals surface area contributed by atoms with Gasteiger partial charge >= 0.3 is 0 Å². The Labute approximate surface area is 163 Å². The number of nitrogens with one attached hydrogen (secondary N) is 1. The number of hydrogen-bond donors (Lipinski definition) is 1. The van der Waals surface area contributed by atoms with Gasteiger partial charge in [0.05, 0.1) is 0 Å². The van der Waals surface area contributed by atoms with Crippen LogP contribution in [0, 0.1) is 6.92 Å². The van der Waals surface area contributed by atoms with Gasteiger partial charge in [0.1, 0.15) is 12.3 Å². The minimum atomic E-state index is -0.347. The van der Waals surface area contributed by atoms with Gasteiger partial charge in [-0.05, 0) is 24.6 Å². The molecule has 0 spiro atoms. The van der Waals surface area contributed by atoms with E-state index in [0.29, 0.717) is 25.3 Å². The maximum atomic E-state index is 12.8. The average Bonchev–Trinajstić information content (AvgIpc) is 3.15. The summed E-state index contributed by atoms with van der Waals surface area (Å²) in [6, 6.07) is 16.7. The molecular formula is C21H22N4O3. The van der Waals surface area contributed by atoms with Crippen LogP contribution < -0.4 is 5.32 Å². The molecule has 144 valence electrons. The summed E-state index contributed by atoms with van der Waals surface area (Å²) in [5.41, 5.74) is 2.02. The SMILES string of the molecule is Cc1cc(C(=O)N(CC(=O)NCCc2ccccn2)Cc2ccccc2)no1. The van der Waals surface area contributed by atoms with E-state index in [0.717, 1.165) is 11.3 Å². The van der Waals surface area contributed by atoms with Gasteiger partial charge in [-0.15, -0.1) is 0 Å². The van der Waals surface area contributed by atoms with E-state index < -0.39 is 0 Å². The van der Waals surface area contributed by atoms with Crippen molar-refractivity contribution in [2.75, 3.05) is 13.1 Å². The highest BCUT2D eigenvalue weighted by Gasteiger charge is 2.22. The van der Waals surface area contributed by atoms with Crippen LogP contribution in [-0.2, 0) is 17.8 Å². The predicted octanol–water partition coefficient (Wildman–Crippen LogP) is 2.38. The Kier molecular flexibility index (Phi) is 6.51. The number of nitrogens with zero attached hydrogens (tertiary/aromatic N) is 3. The summed E-state index contributed by atoms with van der Waals surface area (Å²) in [5.74, 6) is -0.0381. The van der Waals surface area contributed by atoms with Crippen LogP contribution in [0.15, 0.2) is 65.3 Å². The number of carbonyl (C=O) groups is 2. The standard InChI is InChI=1S/C21H22N4O3/c1-16-13-19(24-28-16)21(27)25(14-17-7-3-2-4-8-17)15-20(26)23-12-10-18-9-5-6-11-22-18/h2-9,11,13H,10,12,14-15H2,1H3,(H,23,26). The zero-order valence-corrected chi connectivity index (χ0v) is 15.7. The summed E-state index contributed by atoms with van der Waals surface area (Å²) in [6.07, 6.45) is 2.35. The van der Waals surface area contributed by atoms with Crippen LogP contribution in [0.1, 0.15) is 27.5 Å². The fraction of sp³-hybridized carbons (Fsp3) is 0.238. The third-order valence-electron chi connectivity index (χ3n) is 4.11. The second kappa shape index (κ2) is 9.45. The van der Waals surface area contributed by atoms with Crippen molar-refractivity contribution in [1.29, 1.82) is 0 Å². The highest BCUT2D eigenvalue weighted by atomic mass is 16.5. The first kappa shape index (κ1) is 19.3. The zero-order chi connectivity index (χ0) is 19.8. The van der Waals surface area contributed by atoms with Crippen LogP contribution in [0.5, 0.6) is 0 Å². The Morgan fingerprint density at radius 1 is 1.11 bits per heavy atom. The number of pyridine rings is 1. The molecule has 0 saturated carbocycles. The summed E-state index contributed by atoms with van der Waals surface area (Å²) < 4.78 is 5.00. The molecule has 0 atom stereocenters. The third kappa shape index (κ3) is 5.51. The van der Waals surface area contributed by atoms with Crippen molar-refractivity contribution in [2.45, 2.75) is 19.9 Å². The van der Waals surface area contributed by atoms with Crippen LogP contribution in [-0.4, -0.2) is 39.9 Å². The Bertz CT molecular complexity index is 910. The Morgan fingerprint density at radius 2 is 1.89 bits per heavy atom. The summed E-state index contributed by atoms with van der Waals surface area (Å²) in [4.78, 5) is 30.9. The van der Waals surface area contributed by atoms with Crippen molar-refractivity contribution in [3.05, 3.63) is 83.5 Å². The van der Waals surface area contributed by atoms with Crippen LogP contribution in [0.4, 0.5) is 0 Å². The molecule has 2 amide bonds. The average molecular weight is 378 g/mol. The van der Waals surface area contributed by atoms with Crippen molar-refractivity contribution >= 4 is 11.8 Å². The number of aromatic nitrogens is 2. The normalized spacial score (nSPS) is 10.5. The highest BCUT2D eigenvalue weighted by Crippen LogP contribution is 2.10. The van der Waals surface area contributed by atoms with Gasteiger partial charge in [0.15, 0.2) is 5.69 Å². The Hall–Kier alpha value is -3.48. The van der Waals surface area contributed by atoms with E-state index in [1.807, 2.05) is 48.5 Å². The van der Waals surface area contributed by atoms with Crippen LogP contribution in [0.3, 0.4) is 0 Å². The van der Waals surface area contributed by atoms with Gasteiger partial charge in [-0.2, -0.15) is 0 Å². The minimum absolute atomic E-state index is 0.0676. The summed E-state index contributed by atoms with van der Waals surface area (Å²) >= 11 is 0. The first-order valence-corrected chi connectivity index (χ1v) is 9.05. The molecule has 2 aromatic heterocycles. The van der Waals surface area contributed by atoms with Gasteiger partial charge in [0.25, 0.3) is 5.91 Å². The quantitative estimate of drug-likeness (QED) is 0.650. The fourth-order valence-electron chi connectivity index (χ4n) is 2.74. The summed E-state index contributed by atoms with van der Waals surface area (Å²) in [6.45, 7) is 2.41. The molecule has 3 aromatic rings. The molecule has 0 aliphatic rings. The lowest BCUT2D eigenvalue weighted by atomic mass is 10.2. The van der Waals surface area contributed by atoms with E-state index in [9.17, 15) is 9.59 Å². The smallest absolute Gasteiger partial charge is 0.276 e. The van der Waals surface area contributed by atoms with Crippen LogP contribution >= 0.6 is 0 Å². The first-order valence-electron chi connectivity index (χ1n) is 9.05. The summed E-state index contributed by atoms with van der Waals surface area (Å²) in [7, 11) is 0. The van der Waals surface area contributed by atoms with Gasteiger partial charge in [0, 0.05) is 37.5 Å². The maximum Gasteiger partial charge on any atom is 0.276 e. The van der Waals surface area contributed by atoms with Gasteiger partial charge in [-0.25, -0.2) is 0 Å². The number of aryl methyl sites for hydroxylation is 1. The number of benzene rings is 1. The van der Waals surface area contributed by atoms with E-state index in [2.05, 4.69) is 15.5 Å². The third-order valence-corrected chi connectivity index (χ3v) is 4.11. The van der Waals surface area contributed by atoms with E-state index in [1.165, 1.54) is 4.90 Å². The van der Waals surface area contributed by atoms with Crippen molar-refractivity contribution in [1.82, 2.24) is 20.4 Å². The molecule has 0 fully saturated rings. The molecule has 0 saturated heterocycles. The molecule has 1 aromatic carbocycles. The van der Waals surface area contributed by atoms with Crippen molar-refractivity contribution in [2.24, 2.45) is 0 Å². The van der Waals surface area contributed by atoms with Crippen molar-refractivity contribution in [3.63, 3.8) is 0 Å². The lowest BCUT2D eigenvalue weighted by Gasteiger charge is -2.21. The molecular weight excluding hydrogens is 356 g/mol. The minimum Gasteiger partial charge on any atom is -0.361 e. The van der Waals surface area contributed by atoms with E-state index in [-0.39, 0.29) is 24.1 Å². The second-order valence-corrected chi connectivity index (χ2v) is 6.39. The number of amides is 2. The monoisotopic (exact) mass is 378 g/mol. The van der Waals surface area contributed by atoms with Crippen molar-refractivity contribution < 1.29 is 14.1 Å². The summed E-state index contributed by atoms with van der Waals surface area (Å²) in [5, 5.41) is 6.62. The number of hydrogen-bond acceptors (Lipinski definition) is 5. The predicted molar refractivity (Wildman–Crippen MR) is 103 cm³/mol. The highest BCUT2D eigenvalue weighted by molar-refractivity contribution is 5.94. The van der Waals surface area contributed by atoms with E-state index in [1.54, 1.807) is 19.2 Å².